The van der Waals surface area contributed by atoms with E-state index in [0.717, 1.165) is 0 Å². The zero-order valence-corrected chi connectivity index (χ0v) is 10.7. The Morgan fingerprint density at radius 3 is 2.50 bits per heavy atom. The number of nitrogens with two attached hydrogens (primary N) is 1. The van der Waals surface area contributed by atoms with E-state index in [4.69, 9.17) is 11.1 Å². The first-order chi connectivity index (χ1) is 8.45. The SMILES string of the molecule is CC.COC(=O)Nc1nc(C(C)=N)c(N)c(=O)[nH]1. The normalized spacial score (nSPS) is 8.89. The third kappa shape index (κ3) is 3.89. The van der Waals surface area contributed by atoms with Crippen LogP contribution in [-0.2, 0) is 4.74 Å². The van der Waals surface area contributed by atoms with Crippen LogP contribution < -0.4 is 16.6 Å². The second-order valence-electron chi connectivity index (χ2n) is 2.92. The fourth-order valence-corrected chi connectivity index (χ4v) is 0.975. The van der Waals surface area contributed by atoms with Gasteiger partial charge < -0.3 is 15.9 Å². The Morgan fingerprint density at radius 2 is 2.06 bits per heavy atom. The number of ether oxygens (including phenoxy) is 1. The van der Waals surface area contributed by atoms with Gasteiger partial charge in [-0.2, -0.15) is 0 Å². The number of aromatic amines is 1. The molecule has 0 saturated heterocycles. The summed E-state index contributed by atoms with van der Waals surface area (Å²) in [4.78, 5) is 28.2. The molecule has 0 saturated carbocycles. The van der Waals surface area contributed by atoms with E-state index in [9.17, 15) is 9.59 Å². The molecule has 0 unspecified atom stereocenters. The van der Waals surface area contributed by atoms with Gasteiger partial charge in [0.1, 0.15) is 11.4 Å². The molecule has 5 N–H and O–H groups in total. The summed E-state index contributed by atoms with van der Waals surface area (Å²) in [5.74, 6) is -0.118. The molecule has 100 valence electrons. The summed E-state index contributed by atoms with van der Waals surface area (Å²) in [6, 6.07) is 0. The third-order valence-electron chi connectivity index (χ3n) is 1.72. The molecule has 1 aromatic heterocycles. The second-order valence-corrected chi connectivity index (χ2v) is 2.92. The van der Waals surface area contributed by atoms with E-state index >= 15 is 0 Å². The number of carbonyl (C=O) groups is 1. The molecule has 0 aliphatic carbocycles. The minimum absolute atomic E-state index is 0.0233. The average Bonchev–Trinajstić information content (AvgIpc) is 2.35. The predicted molar refractivity (Wildman–Crippen MR) is 69.1 cm³/mol. The number of carbonyl (C=O) groups excluding carboxylic acids is 1. The van der Waals surface area contributed by atoms with Gasteiger partial charge in [-0.15, -0.1) is 0 Å². The van der Waals surface area contributed by atoms with Gasteiger partial charge in [-0.05, 0) is 6.92 Å². The summed E-state index contributed by atoms with van der Waals surface area (Å²) in [7, 11) is 1.17. The number of rotatable bonds is 2. The molecule has 0 aromatic carbocycles. The highest BCUT2D eigenvalue weighted by molar-refractivity contribution is 5.99. The Kier molecular flexibility index (Phi) is 6.11. The van der Waals surface area contributed by atoms with E-state index < -0.39 is 11.7 Å². The molecule has 1 aromatic rings. The molecule has 0 bridgehead atoms. The van der Waals surface area contributed by atoms with E-state index in [-0.39, 0.29) is 23.0 Å². The van der Waals surface area contributed by atoms with Crippen molar-refractivity contribution in [2.75, 3.05) is 18.2 Å². The number of nitrogens with zero attached hydrogens (tertiary/aromatic N) is 1. The van der Waals surface area contributed by atoms with Crippen molar-refractivity contribution in [3.63, 3.8) is 0 Å². The highest BCUT2D eigenvalue weighted by atomic mass is 16.5. The second kappa shape index (κ2) is 7.05. The third-order valence-corrected chi connectivity index (χ3v) is 1.72. The highest BCUT2D eigenvalue weighted by Gasteiger charge is 2.11. The van der Waals surface area contributed by atoms with E-state index in [0.29, 0.717) is 0 Å². The molecule has 8 nitrogen and oxygen atoms in total. The molecule has 0 aliphatic rings. The van der Waals surface area contributed by atoms with Crippen LogP contribution in [0.25, 0.3) is 0 Å². The highest BCUT2D eigenvalue weighted by Crippen LogP contribution is 2.06. The van der Waals surface area contributed by atoms with E-state index in [2.05, 4.69) is 20.0 Å². The van der Waals surface area contributed by atoms with E-state index in [1.54, 1.807) is 0 Å². The molecule has 1 amide bonds. The lowest BCUT2D eigenvalue weighted by Crippen LogP contribution is -2.23. The monoisotopic (exact) mass is 255 g/mol. The first-order valence-corrected chi connectivity index (χ1v) is 5.26. The van der Waals surface area contributed by atoms with Crippen LogP contribution in [0.1, 0.15) is 26.5 Å². The summed E-state index contributed by atoms with van der Waals surface area (Å²) < 4.78 is 4.33. The fraction of sp³-hybridized carbons (Fsp3) is 0.400. The number of aromatic nitrogens is 2. The van der Waals surface area contributed by atoms with Gasteiger partial charge in [-0.3, -0.25) is 15.1 Å². The summed E-state index contributed by atoms with van der Waals surface area (Å²) in [5.41, 5.74) is 4.69. The minimum Gasteiger partial charge on any atom is -0.453 e. The van der Waals surface area contributed by atoms with Crippen LogP contribution in [0.3, 0.4) is 0 Å². The molecule has 0 atom stereocenters. The van der Waals surface area contributed by atoms with Crippen molar-refractivity contribution >= 4 is 23.4 Å². The van der Waals surface area contributed by atoms with Crippen molar-refractivity contribution in [3.05, 3.63) is 16.0 Å². The first-order valence-electron chi connectivity index (χ1n) is 5.26. The molecule has 18 heavy (non-hydrogen) atoms. The number of hydrogen-bond acceptors (Lipinski definition) is 6. The van der Waals surface area contributed by atoms with Crippen molar-refractivity contribution in [2.24, 2.45) is 0 Å². The Hall–Kier alpha value is -2.38. The maximum absolute atomic E-state index is 11.3. The molecule has 8 heteroatoms. The zero-order chi connectivity index (χ0) is 14.3. The molecule has 0 radical (unpaired) electrons. The molecular weight excluding hydrogens is 238 g/mol. The summed E-state index contributed by atoms with van der Waals surface area (Å²) in [5, 5.41) is 9.53. The maximum Gasteiger partial charge on any atom is 0.413 e. The Labute approximate surface area is 104 Å². The van der Waals surface area contributed by atoms with Gasteiger partial charge in [0, 0.05) is 0 Å². The molecule has 1 heterocycles. The molecule has 1 rings (SSSR count). The van der Waals surface area contributed by atoms with Crippen molar-refractivity contribution < 1.29 is 9.53 Å². The van der Waals surface area contributed by atoms with Crippen LogP contribution in [0.4, 0.5) is 16.4 Å². The van der Waals surface area contributed by atoms with Crippen LogP contribution in [-0.4, -0.2) is 28.9 Å². The lowest BCUT2D eigenvalue weighted by atomic mass is 10.2. The number of H-pyrrole nitrogens is 1. The van der Waals surface area contributed by atoms with Crippen LogP contribution in [0.5, 0.6) is 0 Å². The smallest absolute Gasteiger partial charge is 0.413 e. The Morgan fingerprint density at radius 1 is 1.50 bits per heavy atom. The molecule has 0 aliphatic heterocycles. The molecule has 0 fully saturated rings. The summed E-state index contributed by atoms with van der Waals surface area (Å²) >= 11 is 0. The van der Waals surface area contributed by atoms with Crippen LogP contribution in [0, 0.1) is 5.41 Å². The van der Waals surface area contributed by atoms with Crippen molar-refractivity contribution in [3.8, 4) is 0 Å². The van der Waals surface area contributed by atoms with Crippen LogP contribution in [0.2, 0.25) is 0 Å². The summed E-state index contributed by atoms with van der Waals surface area (Å²) in [6.07, 6.45) is -0.776. The van der Waals surface area contributed by atoms with E-state index in [1.165, 1.54) is 14.0 Å². The summed E-state index contributed by atoms with van der Waals surface area (Å²) in [6.45, 7) is 5.43. The van der Waals surface area contributed by atoms with Gasteiger partial charge in [-0.1, -0.05) is 13.8 Å². The van der Waals surface area contributed by atoms with Gasteiger partial charge >= 0.3 is 6.09 Å². The minimum atomic E-state index is -0.776. The number of methoxy groups -OCH3 is 1. The predicted octanol–water partition coefficient (Wildman–Crippen LogP) is 0.944. The van der Waals surface area contributed by atoms with Gasteiger partial charge in [0.05, 0.1) is 12.8 Å². The first kappa shape index (κ1) is 15.6. The quantitative estimate of drug-likeness (QED) is 0.583. The standard InChI is InChI=1S/C8H11N5O3.C2H6/c1-3(9)5-4(10)6(14)12-7(11-5)13-8(15)16-2;1-2/h9H,10H2,1-2H3,(H2,11,12,13,14,15);1-2H3. The number of anilines is 2. The zero-order valence-electron chi connectivity index (χ0n) is 10.7. The molecule has 0 spiro atoms. The lowest BCUT2D eigenvalue weighted by Gasteiger charge is -2.06. The van der Waals surface area contributed by atoms with Crippen molar-refractivity contribution in [2.45, 2.75) is 20.8 Å². The fourth-order valence-electron chi connectivity index (χ4n) is 0.975. The Bertz CT molecular complexity index is 495. The van der Waals surface area contributed by atoms with E-state index in [1.807, 2.05) is 13.8 Å². The van der Waals surface area contributed by atoms with Crippen molar-refractivity contribution in [1.29, 1.82) is 5.41 Å². The number of nitrogens with one attached hydrogen (secondary N) is 3. The maximum atomic E-state index is 11.3. The van der Waals surface area contributed by atoms with Gasteiger partial charge in [-0.25, -0.2) is 9.78 Å². The van der Waals surface area contributed by atoms with Crippen LogP contribution >= 0.6 is 0 Å². The van der Waals surface area contributed by atoms with Crippen molar-refractivity contribution in [1.82, 2.24) is 9.97 Å². The number of hydrogen-bond donors (Lipinski definition) is 4. The largest absolute Gasteiger partial charge is 0.453 e. The number of nitrogen functional groups attached to an aromatic ring is 1. The van der Waals surface area contributed by atoms with Gasteiger partial charge in [0.2, 0.25) is 5.95 Å². The lowest BCUT2D eigenvalue weighted by molar-refractivity contribution is 0.186. The van der Waals surface area contributed by atoms with Crippen LogP contribution in [0.15, 0.2) is 4.79 Å². The van der Waals surface area contributed by atoms with Gasteiger partial charge in [0.15, 0.2) is 0 Å². The molecular formula is C10H17N5O3. The van der Waals surface area contributed by atoms with Gasteiger partial charge in [0.25, 0.3) is 5.56 Å². The topological polar surface area (TPSA) is 134 Å². The number of amides is 1. The average molecular weight is 255 g/mol. The Balaban J connectivity index is 0.00000137.